The molecule has 10 heavy (non-hydrogen) atoms. The van der Waals surface area contributed by atoms with Gasteiger partial charge in [-0.1, -0.05) is 0 Å². The van der Waals surface area contributed by atoms with Crippen molar-refractivity contribution in [1.29, 1.82) is 0 Å². The lowest BCUT2D eigenvalue weighted by atomic mass is 9.99. The Morgan fingerprint density at radius 3 is 2.70 bits per heavy atom. The number of alkyl halides is 1. The van der Waals surface area contributed by atoms with E-state index in [0.717, 1.165) is 0 Å². The summed E-state index contributed by atoms with van der Waals surface area (Å²) in [5.41, 5.74) is 3.33. The van der Waals surface area contributed by atoms with Gasteiger partial charge in [0.15, 0.2) is 11.7 Å². The molecule has 1 aliphatic rings. The number of ether oxygens (including phenoxy) is 1. The zero-order chi connectivity index (χ0) is 7.78. The molecular formula is C5H8FNO3. The van der Waals surface area contributed by atoms with E-state index in [4.69, 9.17) is 10.8 Å². The van der Waals surface area contributed by atoms with Gasteiger partial charge in [-0.05, 0) is 0 Å². The van der Waals surface area contributed by atoms with Gasteiger partial charge in [0.2, 0.25) is 0 Å². The van der Waals surface area contributed by atoms with Crippen LogP contribution in [0.5, 0.6) is 0 Å². The molecule has 0 aromatic heterocycles. The molecule has 0 aromatic rings. The number of rotatable bonds is 1. The van der Waals surface area contributed by atoms with Crippen LogP contribution in [0.15, 0.2) is 0 Å². The summed E-state index contributed by atoms with van der Waals surface area (Å²) in [6, 6.07) is 0. The number of nitrogens with two attached hydrogens (primary N) is 1. The molecule has 4 nitrogen and oxygen atoms in total. The summed E-state index contributed by atoms with van der Waals surface area (Å²) < 4.78 is 17.1. The normalized spacial score (nSPS) is 40.0. The molecule has 1 aliphatic heterocycles. The molecule has 1 heterocycles. The molecule has 0 saturated carbocycles. The third-order valence-corrected chi connectivity index (χ3v) is 1.56. The quantitative estimate of drug-likeness (QED) is 0.507. The second kappa shape index (κ2) is 2.17. The van der Waals surface area contributed by atoms with Crippen molar-refractivity contribution in [3.63, 3.8) is 0 Å². The first-order chi connectivity index (χ1) is 4.57. The first kappa shape index (κ1) is 7.43. The highest BCUT2D eigenvalue weighted by atomic mass is 18.2. The highest BCUT2D eigenvalue weighted by molar-refractivity contribution is 5.80. The van der Waals surface area contributed by atoms with Gasteiger partial charge in [0.05, 0.1) is 13.2 Å². The van der Waals surface area contributed by atoms with Crippen molar-refractivity contribution in [1.82, 2.24) is 0 Å². The molecule has 0 spiro atoms. The predicted molar refractivity (Wildman–Crippen MR) is 30.3 cm³/mol. The Bertz CT molecular complexity index is 163. The van der Waals surface area contributed by atoms with E-state index in [-0.39, 0.29) is 13.2 Å². The number of carboxylic acid groups (broad SMARTS) is 1. The average Bonchev–Trinajstić information content (AvgIpc) is 2.15. The number of carboxylic acids is 1. The number of halogens is 1. The Labute approximate surface area is 56.8 Å². The van der Waals surface area contributed by atoms with Gasteiger partial charge in [0.1, 0.15) is 0 Å². The van der Waals surface area contributed by atoms with Crippen molar-refractivity contribution >= 4 is 5.97 Å². The van der Waals surface area contributed by atoms with Crippen LogP contribution in [0.25, 0.3) is 0 Å². The molecule has 5 heteroatoms. The minimum atomic E-state index is -1.82. The lowest BCUT2D eigenvalue weighted by Gasteiger charge is -2.17. The first-order valence-electron chi connectivity index (χ1n) is 2.81. The minimum Gasteiger partial charge on any atom is -0.480 e. The minimum absolute atomic E-state index is 0.219. The van der Waals surface area contributed by atoms with Gasteiger partial charge in [0.25, 0.3) is 0 Å². The highest BCUT2D eigenvalue weighted by Gasteiger charge is 2.48. The number of aliphatic carboxylic acids is 1. The summed E-state index contributed by atoms with van der Waals surface area (Å²) in [6.07, 6.45) is -1.59. The number of carbonyl (C=O) groups is 1. The van der Waals surface area contributed by atoms with Gasteiger partial charge in [-0.25, -0.2) is 4.39 Å². The SMILES string of the molecule is NC1(C(=O)O)COCC1[18F]. The summed E-state index contributed by atoms with van der Waals surface area (Å²) in [4.78, 5) is 10.3. The predicted octanol–water partition coefficient (Wildman–Crippen LogP) is -0.863. The molecule has 2 unspecified atom stereocenters. The van der Waals surface area contributed by atoms with Crippen molar-refractivity contribution in [3.8, 4) is 0 Å². The zero-order valence-electron chi connectivity index (χ0n) is 5.21. The number of hydrogen-bond acceptors (Lipinski definition) is 3. The molecule has 0 amide bonds. The Hall–Kier alpha value is -0.680. The van der Waals surface area contributed by atoms with E-state index in [0.29, 0.717) is 0 Å². The van der Waals surface area contributed by atoms with E-state index >= 15 is 0 Å². The molecule has 0 radical (unpaired) electrons. The van der Waals surface area contributed by atoms with E-state index in [9.17, 15) is 9.18 Å². The third-order valence-electron chi connectivity index (χ3n) is 1.56. The maximum Gasteiger partial charge on any atom is 0.329 e. The number of hydrogen-bond donors (Lipinski definition) is 2. The van der Waals surface area contributed by atoms with Crippen molar-refractivity contribution in [2.75, 3.05) is 13.2 Å². The monoisotopic (exact) mass is 148 g/mol. The van der Waals surface area contributed by atoms with Crippen LogP contribution in [0.3, 0.4) is 0 Å². The lowest BCUT2D eigenvalue weighted by Crippen LogP contribution is -2.55. The van der Waals surface area contributed by atoms with Crippen LogP contribution >= 0.6 is 0 Å². The molecule has 1 saturated heterocycles. The molecule has 2 atom stereocenters. The smallest absolute Gasteiger partial charge is 0.329 e. The molecule has 0 aromatic carbocycles. The average molecular weight is 148 g/mol. The summed E-state index contributed by atoms with van der Waals surface area (Å²) in [6.45, 7) is -0.466. The fourth-order valence-electron chi connectivity index (χ4n) is 0.766. The van der Waals surface area contributed by atoms with Crippen LogP contribution in [0.4, 0.5) is 4.39 Å². The Kier molecular flexibility index (Phi) is 1.61. The van der Waals surface area contributed by atoms with Gasteiger partial charge in [0, 0.05) is 0 Å². The van der Waals surface area contributed by atoms with Crippen LogP contribution in [-0.2, 0) is 9.53 Å². The standard InChI is InChI=1S/C5H8FNO3/c6-3-1-10-2-5(3,7)4(8)9/h3H,1-2,7H2,(H,8,9)/i6-1. The van der Waals surface area contributed by atoms with Gasteiger partial charge < -0.3 is 15.6 Å². The van der Waals surface area contributed by atoms with Gasteiger partial charge in [-0.15, -0.1) is 0 Å². The fourth-order valence-corrected chi connectivity index (χ4v) is 0.766. The molecule has 0 aliphatic carbocycles. The third kappa shape index (κ3) is 0.871. The summed E-state index contributed by atoms with van der Waals surface area (Å²) in [7, 11) is 0. The Morgan fingerprint density at radius 1 is 1.90 bits per heavy atom. The van der Waals surface area contributed by atoms with E-state index < -0.39 is 17.7 Å². The zero-order valence-corrected chi connectivity index (χ0v) is 5.21. The molecule has 1 rings (SSSR count). The Balaban J connectivity index is 2.75. The van der Waals surface area contributed by atoms with Crippen LogP contribution in [0, 0.1) is 0 Å². The summed E-state index contributed by atoms with van der Waals surface area (Å²) >= 11 is 0. The van der Waals surface area contributed by atoms with E-state index in [1.165, 1.54) is 0 Å². The summed E-state index contributed by atoms with van der Waals surface area (Å²) in [5, 5.41) is 8.40. The van der Waals surface area contributed by atoms with Crippen LogP contribution in [0.2, 0.25) is 0 Å². The molecule has 3 N–H and O–H groups in total. The van der Waals surface area contributed by atoms with Crippen molar-refractivity contribution in [3.05, 3.63) is 0 Å². The molecular weight excluding hydrogens is 140 g/mol. The van der Waals surface area contributed by atoms with Crippen molar-refractivity contribution < 1.29 is 19.0 Å². The summed E-state index contributed by atoms with van der Waals surface area (Å²) in [5.74, 6) is -1.35. The second-order valence-electron chi connectivity index (χ2n) is 2.33. The van der Waals surface area contributed by atoms with E-state index in [2.05, 4.69) is 4.74 Å². The van der Waals surface area contributed by atoms with Gasteiger partial charge in [-0.2, -0.15) is 0 Å². The van der Waals surface area contributed by atoms with E-state index in [1.54, 1.807) is 0 Å². The van der Waals surface area contributed by atoms with Crippen LogP contribution in [-0.4, -0.2) is 36.0 Å². The highest BCUT2D eigenvalue weighted by Crippen LogP contribution is 2.19. The van der Waals surface area contributed by atoms with Crippen LogP contribution in [0.1, 0.15) is 0 Å². The Morgan fingerprint density at radius 2 is 2.50 bits per heavy atom. The fraction of sp³-hybridized carbons (Fsp3) is 0.800. The van der Waals surface area contributed by atoms with Gasteiger partial charge in [-0.3, -0.25) is 4.79 Å². The lowest BCUT2D eigenvalue weighted by molar-refractivity contribution is -0.144. The molecule has 1 fully saturated rings. The molecule has 0 bridgehead atoms. The van der Waals surface area contributed by atoms with E-state index in [1.807, 2.05) is 0 Å². The maximum atomic E-state index is 12.6. The first-order valence-corrected chi connectivity index (χ1v) is 2.81. The van der Waals surface area contributed by atoms with Crippen molar-refractivity contribution in [2.24, 2.45) is 5.73 Å². The second-order valence-corrected chi connectivity index (χ2v) is 2.33. The van der Waals surface area contributed by atoms with Crippen molar-refractivity contribution in [2.45, 2.75) is 11.7 Å². The van der Waals surface area contributed by atoms with Crippen LogP contribution < -0.4 is 5.73 Å². The topological polar surface area (TPSA) is 72.6 Å². The maximum absolute atomic E-state index is 12.6. The largest absolute Gasteiger partial charge is 0.480 e. The molecule has 58 valence electrons. The van der Waals surface area contributed by atoms with Gasteiger partial charge >= 0.3 is 5.97 Å².